The number of thiocarbonyl (C=S) groups is 1. The molecule has 188 valence electrons. The quantitative estimate of drug-likeness (QED) is 0.480. The lowest BCUT2D eigenvalue weighted by Crippen LogP contribution is -2.54. The first-order valence-electron chi connectivity index (χ1n) is 12.7. The van der Waals surface area contributed by atoms with Crippen molar-refractivity contribution in [1.29, 1.82) is 0 Å². The molecule has 4 bridgehead atoms. The molecule has 1 atom stereocenters. The lowest BCUT2D eigenvalue weighted by molar-refractivity contribution is -0.119. The molecule has 1 aliphatic heterocycles. The van der Waals surface area contributed by atoms with Crippen LogP contribution in [0, 0.1) is 23.2 Å². The molecule has 8 heteroatoms. The van der Waals surface area contributed by atoms with Gasteiger partial charge in [0.2, 0.25) is 6.17 Å². The van der Waals surface area contributed by atoms with Crippen molar-refractivity contribution in [2.75, 3.05) is 18.5 Å². The third-order valence-electron chi connectivity index (χ3n) is 8.58. The number of rotatable bonds is 4. The molecule has 2 aromatic carbocycles. The molecule has 4 aliphatic carbocycles. The molecule has 1 amide bonds. The SMILES string of the molecule is CN1C(=O)C(NC(=S)NCC23CC4CC(CC(C4)C2)C3)N=C(c2ccccc2Cl)c2cc(Cl)ccc21. The van der Waals surface area contributed by atoms with Gasteiger partial charge in [-0.15, -0.1) is 0 Å². The van der Waals surface area contributed by atoms with Gasteiger partial charge in [0, 0.05) is 34.8 Å². The Morgan fingerprint density at radius 1 is 1.06 bits per heavy atom. The largest absolute Gasteiger partial charge is 0.362 e. The van der Waals surface area contributed by atoms with Gasteiger partial charge in [0.25, 0.3) is 5.91 Å². The third-order valence-corrected chi connectivity index (χ3v) is 9.41. The molecule has 0 spiro atoms. The molecule has 36 heavy (non-hydrogen) atoms. The minimum Gasteiger partial charge on any atom is -0.362 e. The summed E-state index contributed by atoms with van der Waals surface area (Å²) in [5.41, 5.74) is 3.16. The maximum absolute atomic E-state index is 13.5. The Labute approximate surface area is 227 Å². The van der Waals surface area contributed by atoms with Crippen molar-refractivity contribution in [1.82, 2.24) is 10.6 Å². The van der Waals surface area contributed by atoms with Crippen LogP contribution in [0.5, 0.6) is 0 Å². The maximum atomic E-state index is 13.5. The van der Waals surface area contributed by atoms with Gasteiger partial charge in [0.05, 0.1) is 11.4 Å². The highest BCUT2D eigenvalue weighted by Crippen LogP contribution is 2.59. The minimum absolute atomic E-state index is 0.195. The van der Waals surface area contributed by atoms with Crippen molar-refractivity contribution in [2.24, 2.45) is 28.2 Å². The van der Waals surface area contributed by atoms with Crippen molar-refractivity contribution in [3.63, 3.8) is 0 Å². The highest BCUT2D eigenvalue weighted by Gasteiger charge is 2.50. The van der Waals surface area contributed by atoms with Crippen LogP contribution in [-0.2, 0) is 4.79 Å². The molecule has 0 saturated heterocycles. The number of carbonyl (C=O) groups is 1. The molecule has 1 heterocycles. The fourth-order valence-electron chi connectivity index (χ4n) is 7.46. The second-order valence-corrected chi connectivity index (χ2v) is 12.4. The number of carbonyl (C=O) groups excluding carboxylic acids is 1. The molecular weight excluding hydrogens is 511 g/mol. The summed E-state index contributed by atoms with van der Waals surface area (Å²) >= 11 is 18.6. The number of hydrogen-bond acceptors (Lipinski definition) is 3. The van der Waals surface area contributed by atoms with E-state index in [4.69, 9.17) is 40.4 Å². The second-order valence-electron chi connectivity index (χ2n) is 11.2. The zero-order valence-corrected chi connectivity index (χ0v) is 22.6. The zero-order chi connectivity index (χ0) is 25.0. The van der Waals surface area contributed by atoms with Crippen molar-refractivity contribution >= 4 is 57.8 Å². The number of aliphatic imine (C=N–C) groups is 1. The van der Waals surface area contributed by atoms with Gasteiger partial charge in [-0.1, -0.05) is 41.4 Å². The summed E-state index contributed by atoms with van der Waals surface area (Å²) in [6, 6.07) is 13.0. The number of likely N-dealkylation sites (N-methyl/N-ethyl adjacent to an activating group) is 1. The first kappa shape index (κ1) is 24.2. The summed E-state index contributed by atoms with van der Waals surface area (Å²) in [7, 11) is 1.75. The van der Waals surface area contributed by atoms with Gasteiger partial charge in [-0.25, -0.2) is 4.99 Å². The summed E-state index contributed by atoms with van der Waals surface area (Å²) in [6.07, 6.45) is 7.24. The van der Waals surface area contributed by atoms with E-state index in [2.05, 4.69) is 10.6 Å². The Balaban J connectivity index is 1.26. The van der Waals surface area contributed by atoms with Crippen LogP contribution in [0.25, 0.3) is 0 Å². The lowest BCUT2D eigenvalue weighted by Gasteiger charge is -2.57. The van der Waals surface area contributed by atoms with Crippen LogP contribution in [-0.4, -0.2) is 36.5 Å². The van der Waals surface area contributed by atoms with Crippen molar-refractivity contribution in [3.05, 3.63) is 63.6 Å². The number of anilines is 1. The number of benzodiazepines with no additional fused rings is 1. The summed E-state index contributed by atoms with van der Waals surface area (Å²) in [6.45, 7) is 0.857. The van der Waals surface area contributed by atoms with E-state index in [0.717, 1.165) is 41.1 Å². The molecular formula is C28H30Cl2N4OS. The fraction of sp³-hybridized carbons (Fsp3) is 0.464. The van der Waals surface area contributed by atoms with Crippen LogP contribution >= 0.6 is 35.4 Å². The van der Waals surface area contributed by atoms with Gasteiger partial charge in [0.1, 0.15) is 0 Å². The summed E-state index contributed by atoms with van der Waals surface area (Å²) < 4.78 is 0. The highest BCUT2D eigenvalue weighted by atomic mass is 35.5. The van der Waals surface area contributed by atoms with Crippen LogP contribution in [0.1, 0.15) is 49.7 Å². The third kappa shape index (κ3) is 4.42. The second kappa shape index (κ2) is 9.30. The highest BCUT2D eigenvalue weighted by molar-refractivity contribution is 7.80. The normalized spacial score (nSPS) is 30.5. The van der Waals surface area contributed by atoms with E-state index < -0.39 is 6.17 Å². The van der Waals surface area contributed by atoms with Crippen molar-refractivity contribution in [3.8, 4) is 0 Å². The molecule has 1 unspecified atom stereocenters. The minimum atomic E-state index is -0.885. The van der Waals surface area contributed by atoms with Crippen molar-refractivity contribution < 1.29 is 4.79 Å². The number of amides is 1. The molecule has 0 aromatic heterocycles. The average Bonchev–Trinajstić information content (AvgIpc) is 2.93. The Hall–Kier alpha value is -2.15. The number of hydrogen-bond donors (Lipinski definition) is 2. The Morgan fingerprint density at radius 3 is 2.39 bits per heavy atom. The van der Waals surface area contributed by atoms with Crippen LogP contribution in [0.4, 0.5) is 5.69 Å². The Bertz CT molecular complexity index is 1230. The molecule has 0 radical (unpaired) electrons. The first-order chi connectivity index (χ1) is 17.3. The summed E-state index contributed by atoms with van der Waals surface area (Å²) in [5, 5.41) is 8.26. The van der Waals surface area contributed by atoms with E-state index in [1.165, 1.54) is 38.5 Å². The fourth-order valence-corrected chi connectivity index (χ4v) is 8.04. The van der Waals surface area contributed by atoms with E-state index in [9.17, 15) is 4.79 Å². The molecule has 4 fully saturated rings. The zero-order valence-electron chi connectivity index (χ0n) is 20.3. The van der Waals surface area contributed by atoms with E-state index in [-0.39, 0.29) is 5.91 Å². The lowest BCUT2D eigenvalue weighted by atomic mass is 9.49. The topological polar surface area (TPSA) is 56.7 Å². The van der Waals surface area contributed by atoms with Crippen LogP contribution in [0.2, 0.25) is 10.0 Å². The standard InChI is InChI=1S/C28H30Cl2N4OS/c1-34-23-7-6-19(29)11-21(23)24(20-4-2-3-5-22(20)30)32-25(26(34)35)33-27(36)31-15-28-12-16-8-17(13-28)10-18(9-16)14-28/h2-7,11,16-18,25H,8-10,12-15H2,1H3,(H2,31,33,36). The average molecular weight is 542 g/mol. The van der Waals surface area contributed by atoms with E-state index in [0.29, 0.717) is 26.3 Å². The molecule has 4 saturated carbocycles. The van der Waals surface area contributed by atoms with Gasteiger partial charge < -0.3 is 15.5 Å². The molecule has 5 aliphatic rings. The van der Waals surface area contributed by atoms with Crippen LogP contribution < -0.4 is 15.5 Å². The Morgan fingerprint density at radius 2 is 1.72 bits per heavy atom. The summed E-state index contributed by atoms with van der Waals surface area (Å²) in [5.74, 6) is 2.44. The monoisotopic (exact) mass is 540 g/mol. The number of fused-ring (bicyclic) bond motifs is 1. The van der Waals surface area contributed by atoms with E-state index in [1.807, 2.05) is 36.4 Å². The number of benzene rings is 2. The first-order valence-corrected chi connectivity index (χ1v) is 13.9. The summed E-state index contributed by atoms with van der Waals surface area (Å²) in [4.78, 5) is 20.0. The maximum Gasteiger partial charge on any atom is 0.272 e. The smallest absolute Gasteiger partial charge is 0.272 e. The molecule has 2 aromatic rings. The van der Waals surface area contributed by atoms with Gasteiger partial charge in [-0.3, -0.25) is 4.79 Å². The van der Waals surface area contributed by atoms with Gasteiger partial charge in [-0.2, -0.15) is 0 Å². The molecule has 2 N–H and O–H groups in total. The number of nitrogens with one attached hydrogen (secondary N) is 2. The van der Waals surface area contributed by atoms with Crippen molar-refractivity contribution in [2.45, 2.75) is 44.7 Å². The van der Waals surface area contributed by atoms with Gasteiger partial charge in [-0.05, 0) is 98.2 Å². The molecule has 7 rings (SSSR count). The number of halogens is 2. The van der Waals surface area contributed by atoms with E-state index in [1.54, 1.807) is 18.0 Å². The predicted molar refractivity (Wildman–Crippen MR) is 150 cm³/mol. The Kier molecular flexibility index (Phi) is 6.25. The van der Waals surface area contributed by atoms with Crippen LogP contribution in [0.15, 0.2) is 47.5 Å². The number of nitrogens with zero attached hydrogens (tertiary/aromatic N) is 2. The van der Waals surface area contributed by atoms with Gasteiger partial charge in [0.15, 0.2) is 5.11 Å². The predicted octanol–water partition coefficient (Wildman–Crippen LogP) is 5.81. The molecule has 5 nitrogen and oxygen atoms in total. The van der Waals surface area contributed by atoms with Gasteiger partial charge >= 0.3 is 0 Å². The van der Waals surface area contributed by atoms with E-state index >= 15 is 0 Å². The van der Waals surface area contributed by atoms with Crippen LogP contribution in [0.3, 0.4) is 0 Å².